The normalized spacial score (nSPS) is 11.0. The zero-order valence-corrected chi connectivity index (χ0v) is 14.3. The van der Waals surface area contributed by atoms with E-state index in [0.717, 1.165) is 33.4 Å². The lowest BCUT2D eigenvalue weighted by atomic mass is 10.1. The number of hydrogen-bond acceptors (Lipinski definition) is 4. The van der Waals surface area contributed by atoms with Gasteiger partial charge in [-0.25, -0.2) is 9.97 Å². The molecule has 0 spiro atoms. The van der Waals surface area contributed by atoms with Crippen LogP contribution in [0.2, 0.25) is 0 Å². The van der Waals surface area contributed by atoms with E-state index in [4.69, 9.17) is 4.98 Å². The summed E-state index contributed by atoms with van der Waals surface area (Å²) >= 11 is 0. The topological polar surface area (TPSA) is 55.6 Å². The Hall–Kier alpha value is -3.21. The number of nitrogens with one attached hydrogen (secondary N) is 1. The van der Waals surface area contributed by atoms with E-state index in [2.05, 4.69) is 40.5 Å². The predicted octanol–water partition coefficient (Wildman–Crippen LogP) is 3.95. The molecule has 0 atom stereocenters. The molecule has 5 nitrogen and oxygen atoms in total. The Morgan fingerprint density at radius 1 is 0.960 bits per heavy atom. The van der Waals surface area contributed by atoms with Gasteiger partial charge in [0.05, 0.1) is 17.4 Å². The van der Waals surface area contributed by atoms with Gasteiger partial charge in [-0.2, -0.15) is 5.10 Å². The van der Waals surface area contributed by atoms with Gasteiger partial charge in [0.25, 0.3) is 0 Å². The summed E-state index contributed by atoms with van der Waals surface area (Å²) in [4.78, 5) is 9.44. The van der Waals surface area contributed by atoms with Gasteiger partial charge in [0.1, 0.15) is 0 Å². The van der Waals surface area contributed by atoms with Crippen molar-refractivity contribution in [2.24, 2.45) is 7.05 Å². The first-order valence-electron chi connectivity index (χ1n) is 8.26. The monoisotopic (exact) mass is 329 g/mol. The van der Waals surface area contributed by atoms with Crippen LogP contribution < -0.4 is 5.32 Å². The molecule has 0 aliphatic rings. The molecule has 0 aliphatic carbocycles. The molecule has 2 aromatic carbocycles. The highest BCUT2D eigenvalue weighted by Crippen LogP contribution is 2.27. The van der Waals surface area contributed by atoms with Gasteiger partial charge < -0.3 is 5.32 Å². The smallest absolute Gasteiger partial charge is 0.224 e. The summed E-state index contributed by atoms with van der Waals surface area (Å²) < 4.78 is 1.87. The number of benzene rings is 2. The average Bonchev–Trinajstić information content (AvgIpc) is 2.98. The van der Waals surface area contributed by atoms with E-state index in [9.17, 15) is 0 Å². The molecule has 0 saturated carbocycles. The first-order valence-corrected chi connectivity index (χ1v) is 8.26. The first kappa shape index (κ1) is 15.3. The Morgan fingerprint density at radius 3 is 2.48 bits per heavy atom. The lowest BCUT2D eigenvalue weighted by Crippen LogP contribution is -2.06. The van der Waals surface area contributed by atoms with Crippen molar-refractivity contribution in [3.63, 3.8) is 0 Å². The lowest BCUT2D eigenvalue weighted by molar-refractivity contribution is 0.738. The van der Waals surface area contributed by atoms with E-state index >= 15 is 0 Å². The van der Waals surface area contributed by atoms with Gasteiger partial charge in [0, 0.05) is 35.8 Å². The molecule has 0 saturated heterocycles. The zero-order valence-electron chi connectivity index (χ0n) is 14.3. The van der Waals surface area contributed by atoms with Crippen molar-refractivity contribution in [3.05, 3.63) is 72.1 Å². The Morgan fingerprint density at radius 2 is 1.72 bits per heavy atom. The summed E-state index contributed by atoms with van der Waals surface area (Å²) in [7, 11) is 1.94. The Balaban J connectivity index is 1.73. The van der Waals surface area contributed by atoms with E-state index in [-0.39, 0.29) is 0 Å². The van der Waals surface area contributed by atoms with Crippen LogP contribution in [0.25, 0.3) is 22.2 Å². The molecular weight excluding hydrogens is 310 g/mol. The highest BCUT2D eigenvalue weighted by molar-refractivity contribution is 5.93. The van der Waals surface area contributed by atoms with Crippen molar-refractivity contribution >= 4 is 16.9 Å². The van der Waals surface area contributed by atoms with Gasteiger partial charge in [-0.15, -0.1) is 0 Å². The summed E-state index contributed by atoms with van der Waals surface area (Å²) in [6.07, 6.45) is 1.88. The number of fused-ring (bicyclic) bond motifs is 1. The Labute approximate surface area is 146 Å². The summed E-state index contributed by atoms with van der Waals surface area (Å²) in [5, 5.41) is 8.67. The molecule has 0 unspecified atom stereocenters. The molecule has 0 bridgehead atoms. The van der Waals surface area contributed by atoms with E-state index in [1.165, 1.54) is 0 Å². The van der Waals surface area contributed by atoms with Crippen molar-refractivity contribution < 1.29 is 0 Å². The number of rotatable bonds is 4. The molecule has 0 fully saturated rings. The molecule has 4 aromatic rings. The Kier molecular flexibility index (Phi) is 3.90. The number of nitrogens with zero attached hydrogens (tertiary/aromatic N) is 4. The van der Waals surface area contributed by atoms with E-state index < -0.39 is 0 Å². The van der Waals surface area contributed by atoms with E-state index in [1.54, 1.807) is 0 Å². The molecule has 4 rings (SSSR count). The largest absolute Gasteiger partial charge is 0.350 e. The predicted molar refractivity (Wildman–Crippen MR) is 100 cm³/mol. The maximum atomic E-state index is 4.77. The zero-order chi connectivity index (χ0) is 17.2. The van der Waals surface area contributed by atoms with Gasteiger partial charge in [-0.05, 0) is 13.0 Å². The SMILES string of the molecule is Cc1c(CNc2nc(-c3ccccc3)c3ccccc3n2)cnn1C. The van der Waals surface area contributed by atoms with Crippen molar-refractivity contribution in [3.8, 4) is 11.3 Å². The maximum Gasteiger partial charge on any atom is 0.224 e. The van der Waals surface area contributed by atoms with Crippen LogP contribution in [0.4, 0.5) is 5.95 Å². The molecule has 2 heterocycles. The quantitative estimate of drug-likeness (QED) is 0.616. The number of para-hydroxylation sites is 1. The molecular formula is C20H19N5. The number of anilines is 1. The summed E-state index contributed by atoms with van der Waals surface area (Å²) in [6, 6.07) is 18.3. The fourth-order valence-corrected chi connectivity index (χ4v) is 2.86. The van der Waals surface area contributed by atoms with Gasteiger partial charge >= 0.3 is 0 Å². The average molecular weight is 329 g/mol. The second kappa shape index (κ2) is 6.36. The third-order valence-corrected chi connectivity index (χ3v) is 4.42. The minimum atomic E-state index is 0.626. The van der Waals surface area contributed by atoms with Crippen molar-refractivity contribution in [2.45, 2.75) is 13.5 Å². The molecule has 124 valence electrons. The van der Waals surface area contributed by atoms with Crippen LogP contribution in [-0.2, 0) is 13.6 Å². The van der Waals surface area contributed by atoms with Gasteiger partial charge in [0.15, 0.2) is 0 Å². The third-order valence-electron chi connectivity index (χ3n) is 4.42. The molecule has 0 radical (unpaired) electrons. The van der Waals surface area contributed by atoms with Gasteiger partial charge in [-0.1, -0.05) is 48.5 Å². The molecule has 1 N–H and O–H groups in total. The van der Waals surface area contributed by atoms with E-state index in [1.807, 2.05) is 54.3 Å². The van der Waals surface area contributed by atoms with Crippen molar-refractivity contribution in [2.75, 3.05) is 5.32 Å². The lowest BCUT2D eigenvalue weighted by Gasteiger charge is -2.10. The summed E-state index contributed by atoms with van der Waals surface area (Å²) in [5.74, 6) is 0.626. The van der Waals surface area contributed by atoms with Crippen molar-refractivity contribution in [1.82, 2.24) is 19.7 Å². The van der Waals surface area contributed by atoms with Gasteiger partial charge in [-0.3, -0.25) is 4.68 Å². The highest BCUT2D eigenvalue weighted by atomic mass is 15.3. The number of aromatic nitrogens is 4. The Bertz CT molecular complexity index is 1020. The molecule has 2 aromatic heterocycles. The molecule has 0 amide bonds. The second-order valence-corrected chi connectivity index (χ2v) is 6.01. The summed E-state index contributed by atoms with van der Waals surface area (Å²) in [5.41, 5.74) is 5.23. The summed E-state index contributed by atoms with van der Waals surface area (Å²) in [6.45, 7) is 2.70. The van der Waals surface area contributed by atoms with Crippen LogP contribution in [-0.4, -0.2) is 19.7 Å². The second-order valence-electron chi connectivity index (χ2n) is 6.01. The molecule has 5 heteroatoms. The van der Waals surface area contributed by atoms with Crippen LogP contribution in [0.3, 0.4) is 0 Å². The van der Waals surface area contributed by atoms with Crippen molar-refractivity contribution in [1.29, 1.82) is 0 Å². The van der Waals surface area contributed by atoms with Crippen LogP contribution in [0.5, 0.6) is 0 Å². The molecule has 0 aliphatic heterocycles. The maximum absolute atomic E-state index is 4.77. The standard InChI is InChI=1S/C20H19N5/c1-14-16(13-22-25(14)2)12-21-20-23-18-11-7-6-10-17(18)19(24-20)15-8-4-3-5-9-15/h3-11,13H,12H2,1-2H3,(H,21,23,24). The fourth-order valence-electron chi connectivity index (χ4n) is 2.86. The van der Waals surface area contributed by atoms with Crippen LogP contribution >= 0.6 is 0 Å². The van der Waals surface area contributed by atoms with Crippen LogP contribution in [0.15, 0.2) is 60.8 Å². The fraction of sp³-hybridized carbons (Fsp3) is 0.150. The molecule has 25 heavy (non-hydrogen) atoms. The first-order chi connectivity index (χ1) is 12.2. The minimum absolute atomic E-state index is 0.626. The van der Waals surface area contributed by atoms with Crippen LogP contribution in [0, 0.1) is 6.92 Å². The third kappa shape index (κ3) is 2.96. The number of hydrogen-bond donors (Lipinski definition) is 1. The van der Waals surface area contributed by atoms with E-state index in [0.29, 0.717) is 12.5 Å². The minimum Gasteiger partial charge on any atom is -0.350 e. The van der Waals surface area contributed by atoms with Gasteiger partial charge in [0.2, 0.25) is 5.95 Å². The number of aryl methyl sites for hydroxylation is 1. The highest BCUT2D eigenvalue weighted by Gasteiger charge is 2.10. The van der Waals surface area contributed by atoms with Crippen LogP contribution in [0.1, 0.15) is 11.3 Å².